The van der Waals surface area contributed by atoms with E-state index in [2.05, 4.69) is 20.8 Å². The molecule has 0 N–H and O–H groups in total. The molecule has 0 spiro atoms. The maximum absolute atomic E-state index is 13.0. The predicted octanol–water partition coefficient (Wildman–Crippen LogP) is 3.32. The SMILES string of the molecule is Fc1cc(F)cc(CN(CCBr)C2CC2)c1. The lowest BCUT2D eigenvalue weighted by Gasteiger charge is -2.20. The van der Waals surface area contributed by atoms with Gasteiger partial charge in [0.15, 0.2) is 0 Å². The second-order valence-corrected chi connectivity index (χ2v) is 4.96. The van der Waals surface area contributed by atoms with Crippen LogP contribution in [0.1, 0.15) is 18.4 Å². The molecule has 0 aromatic heterocycles. The lowest BCUT2D eigenvalue weighted by molar-refractivity contribution is 0.271. The highest BCUT2D eigenvalue weighted by atomic mass is 79.9. The van der Waals surface area contributed by atoms with E-state index in [1.165, 1.54) is 25.0 Å². The smallest absolute Gasteiger partial charge is 0.126 e. The van der Waals surface area contributed by atoms with Crippen LogP contribution < -0.4 is 0 Å². The predicted molar refractivity (Wildman–Crippen MR) is 63.6 cm³/mol. The highest BCUT2D eigenvalue weighted by Gasteiger charge is 2.28. The largest absolute Gasteiger partial charge is 0.295 e. The van der Waals surface area contributed by atoms with Crippen LogP contribution in [0, 0.1) is 11.6 Å². The van der Waals surface area contributed by atoms with Crippen molar-refractivity contribution >= 4 is 15.9 Å². The normalized spacial score (nSPS) is 15.8. The van der Waals surface area contributed by atoms with Gasteiger partial charge in [0.2, 0.25) is 0 Å². The number of halogens is 3. The van der Waals surface area contributed by atoms with Crippen LogP contribution in [0.3, 0.4) is 0 Å². The molecular formula is C12H14BrF2N. The van der Waals surface area contributed by atoms with Crippen molar-refractivity contribution in [2.75, 3.05) is 11.9 Å². The van der Waals surface area contributed by atoms with Gasteiger partial charge in [-0.25, -0.2) is 8.78 Å². The molecule has 0 atom stereocenters. The van der Waals surface area contributed by atoms with Crippen molar-refractivity contribution < 1.29 is 8.78 Å². The van der Waals surface area contributed by atoms with Crippen LogP contribution in [0.5, 0.6) is 0 Å². The molecule has 4 heteroatoms. The summed E-state index contributed by atoms with van der Waals surface area (Å²) in [6, 6.07) is 4.33. The molecule has 1 fully saturated rings. The van der Waals surface area contributed by atoms with Gasteiger partial charge in [-0.05, 0) is 30.5 Å². The van der Waals surface area contributed by atoms with Crippen LogP contribution in [-0.4, -0.2) is 22.8 Å². The first-order valence-electron chi connectivity index (χ1n) is 5.44. The van der Waals surface area contributed by atoms with E-state index in [4.69, 9.17) is 0 Å². The van der Waals surface area contributed by atoms with Crippen LogP contribution in [-0.2, 0) is 6.54 Å². The molecule has 0 heterocycles. The summed E-state index contributed by atoms with van der Waals surface area (Å²) in [5, 5.41) is 0.890. The van der Waals surface area contributed by atoms with Gasteiger partial charge >= 0.3 is 0 Å². The molecule has 0 bridgehead atoms. The van der Waals surface area contributed by atoms with Gasteiger partial charge in [0.1, 0.15) is 11.6 Å². The molecule has 0 amide bonds. The quantitative estimate of drug-likeness (QED) is 0.752. The van der Waals surface area contributed by atoms with Crippen LogP contribution in [0.25, 0.3) is 0 Å². The summed E-state index contributed by atoms with van der Waals surface area (Å²) in [5.74, 6) is -0.992. The molecule has 1 aliphatic rings. The Morgan fingerprint density at radius 2 is 1.81 bits per heavy atom. The van der Waals surface area contributed by atoms with Crippen LogP contribution in [0.15, 0.2) is 18.2 Å². The molecule has 88 valence electrons. The van der Waals surface area contributed by atoms with E-state index in [9.17, 15) is 8.78 Å². The van der Waals surface area contributed by atoms with Crippen molar-refractivity contribution in [2.24, 2.45) is 0 Å². The van der Waals surface area contributed by atoms with Crippen molar-refractivity contribution in [3.8, 4) is 0 Å². The van der Waals surface area contributed by atoms with Gasteiger partial charge in [0, 0.05) is 30.5 Å². The fourth-order valence-electron chi connectivity index (χ4n) is 1.88. The first kappa shape index (κ1) is 12.0. The van der Waals surface area contributed by atoms with E-state index in [0.717, 1.165) is 17.9 Å². The molecule has 1 saturated carbocycles. The average molecular weight is 290 g/mol. The Morgan fingerprint density at radius 3 is 2.31 bits per heavy atom. The van der Waals surface area contributed by atoms with Crippen molar-refractivity contribution in [3.05, 3.63) is 35.4 Å². The standard InChI is InChI=1S/C12H14BrF2N/c13-3-4-16(12-1-2-12)8-9-5-10(14)7-11(15)6-9/h5-7,12H,1-4,8H2. The van der Waals surface area contributed by atoms with Gasteiger partial charge in [-0.15, -0.1) is 0 Å². The Hall–Kier alpha value is -0.480. The highest BCUT2D eigenvalue weighted by Crippen LogP contribution is 2.28. The van der Waals surface area contributed by atoms with Crippen LogP contribution in [0.4, 0.5) is 8.78 Å². The van der Waals surface area contributed by atoms with Crippen LogP contribution in [0.2, 0.25) is 0 Å². The Balaban J connectivity index is 2.05. The Kier molecular flexibility index (Phi) is 3.92. The van der Waals surface area contributed by atoms with E-state index >= 15 is 0 Å². The average Bonchev–Trinajstić information content (AvgIpc) is 2.98. The van der Waals surface area contributed by atoms with E-state index < -0.39 is 11.6 Å². The van der Waals surface area contributed by atoms with E-state index in [0.29, 0.717) is 18.2 Å². The van der Waals surface area contributed by atoms with Gasteiger partial charge < -0.3 is 0 Å². The topological polar surface area (TPSA) is 3.24 Å². The minimum atomic E-state index is -0.496. The number of hydrogen-bond acceptors (Lipinski definition) is 1. The lowest BCUT2D eigenvalue weighted by Crippen LogP contribution is -2.27. The number of rotatable bonds is 5. The van der Waals surface area contributed by atoms with Gasteiger partial charge in [-0.3, -0.25) is 4.90 Å². The summed E-state index contributed by atoms with van der Waals surface area (Å²) >= 11 is 3.40. The monoisotopic (exact) mass is 289 g/mol. The van der Waals surface area contributed by atoms with Gasteiger partial charge in [0.05, 0.1) is 0 Å². The van der Waals surface area contributed by atoms with Gasteiger partial charge in [-0.2, -0.15) is 0 Å². The van der Waals surface area contributed by atoms with E-state index in [-0.39, 0.29) is 0 Å². The van der Waals surface area contributed by atoms with Crippen molar-refractivity contribution in [1.29, 1.82) is 0 Å². The molecule has 1 aliphatic carbocycles. The van der Waals surface area contributed by atoms with E-state index in [1.54, 1.807) is 0 Å². The third-order valence-electron chi connectivity index (χ3n) is 2.74. The third kappa shape index (κ3) is 3.25. The Bertz CT molecular complexity index is 346. The zero-order chi connectivity index (χ0) is 11.5. The molecule has 16 heavy (non-hydrogen) atoms. The molecule has 0 radical (unpaired) electrons. The summed E-state index contributed by atoms with van der Waals surface area (Å²) in [7, 11) is 0. The fraction of sp³-hybridized carbons (Fsp3) is 0.500. The second-order valence-electron chi connectivity index (χ2n) is 4.17. The maximum Gasteiger partial charge on any atom is 0.126 e. The Labute approximate surface area is 103 Å². The summed E-state index contributed by atoms with van der Waals surface area (Å²) < 4.78 is 26.0. The molecule has 1 aromatic carbocycles. The maximum atomic E-state index is 13.0. The first-order valence-corrected chi connectivity index (χ1v) is 6.56. The summed E-state index contributed by atoms with van der Waals surface area (Å²) in [6.45, 7) is 1.55. The molecule has 0 unspecified atom stereocenters. The summed E-state index contributed by atoms with van der Waals surface area (Å²) in [6.07, 6.45) is 2.40. The molecule has 2 rings (SSSR count). The zero-order valence-corrected chi connectivity index (χ0v) is 10.5. The minimum Gasteiger partial charge on any atom is -0.295 e. The number of nitrogens with zero attached hydrogens (tertiary/aromatic N) is 1. The summed E-state index contributed by atoms with van der Waals surface area (Å²) in [5.41, 5.74) is 0.713. The molecular weight excluding hydrogens is 276 g/mol. The number of hydrogen-bond donors (Lipinski definition) is 0. The molecule has 1 nitrogen and oxygen atoms in total. The number of alkyl halides is 1. The molecule has 0 saturated heterocycles. The molecule has 1 aromatic rings. The van der Waals surface area contributed by atoms with Crippen molar-refractivity contribution in [2.45, 2.75) is 25.4 Å². The molecule has 0 aliphatic heterocycles. The van der Waals surface area contributed by atoms with Gasteiger partial charge in [-0.1, -0.05) is 15.9 Å². The van der Waals surface area contributed by atoms with Gasteiger partial charge in [0.25, 0.3) is 0 Å². The minimum absolute atomic E-state index is 0.496. The summed E-state index contributed by atoms with van der Waals surface area (Å²) in [4.78, 5) is 2.27. The third-order valence-corrected chi connectivity index (χ3v) is 3.10. The fourth-order valence-corrected chi connectivity index (χ4v) is 2.33. The number of benzene rings is 1. The second kappa shape index (κ2) is 5.23. The lowest BCUT2D eigenvalue weighted by atomic mass is 10.2. The zero-order valence-electron chi connectivity index (χ0n) is 8.93. The first-order chi connectivity index (χ1) is 7.69. The van der Waals surface area contributed by atoms with Crippen molar-refractivity contribution in [3.63, 3.8) is 0 Å². The van der Waals surface area contributed by atoms with Crippen LogP contribution >= 0.6 is 15.9 Å². The van der Waals surface area contributed by atoms with E-state index in [1.807, 2.05) is 0 Å². The Morgan fingerprint density at radius 1 is 1.19 bits per heavy atom. The highest BCUT2D eigenvalue weighted by molar-refractivity contribution is 9.09. The van der Waals surface area contributed by atoms with Crippen molar-refractivity contribution in [1.82, 2.24) is 4.90 Å².